The predicted octanol–water partition coefficient (Wildman–Crippen LogP) is 14.5. The quantitative estimate of drug-likeness (QED) is 0.0180. The van der Waals surface area contributed by atoms with E-state index in [9.17, 15) is 48.6 Å². The van der Waals surface area contributed by atoms with Gasteiger partial charge in [-0.2, -0.15) is 0 Å². The number of Topliss-reactive ketones (excluding diaryl/α,β-unsaturated/α-hetero) is 2. The summed E-state index contributed by atoms with van der Waals surface area (Å²) in [4.78, 5) is 129. The van der Waals surface area contributed by atoms with Gasteiger partial charge in [-0.05, 0) is 176 Å². The Labute approximate surface area is 756 Å². The van der Waals surface area contributed by atoms with Crippen LogP contribution in [0, 0.1) is 69.0 Å². The van der Waals surface area contributed by atoms with Crippen molar-refractivity contribution in [1.82, 2.24) is 54.4 Å². The van der Waals surface area contributed by atoms with Gasteiger partial charge in [-0.25, -0.2) is 19.3 Å². The molecule has 6 saturated carbocycles. The number of nitrogens with zero attached hydrogens (tertiary/aromatic N) is 10. The van der Waals surface area contributed by atoms with E-state index in [-0.39, 0.29) is 116 Å². The van der Waals surface area contributed by atoms with Gasteiger partial charge in [0.05, 0.1) is 77.1 Å². The first-order valence-corrected chi connectivity index (χ1v) is 47.6. The molecule has 4 aliphatic heterocycles. The summed E-state index contributed by atoms with van der Waals surface area (Å²) in [6, 6.07) is 17.4. The van der Waals surface area contributed by atoms with Crippen molar-refractivity contribution in [2.75, 3.05) is 94.6 Å². The van der Waals surface area contributed by atoms with Crippen molar-refractivity contribution in [3.8, 4) is 34.6 Å². The zero-order valence-corrected chi connectivity index (χ0v) is 77.6. The number of piperazine rings is 1. The fraction of sp³-hybridized carbons (Fsp3) is 0.667. The number of benzene rings is 2. The summed E-state index contributed by atoms with van der Waals surface area (Å²) < 4.78 is 41.4. The molecule has 0 bridgehead atoms. The first kappa shape index (κ1) is 94.2. The van der Waals surface area contributed by atoms with Gasteiger partial charge in [-0.1, -0.05) is 74.7 Å². The molecule has 8 heterocycles. The molecule has 0 radical (unpaired) electrons. The molecule has 6 aliphatic carbocycles. The Morgan fingerprint density at radius 3 is 1.28 bits per heavy atom. The van der Waals surface area contributed by atoms with E-state index < -0.39 is 81.7 Å². The lowest BCUT2D eigenvalue weighted by atomic mass is 9.77. The van der Waals surface area contributed by atoms with Crippen LogP contribution >= 0.6 is 23.2 Å². The number of pyridine rings is 2. The minimum absolute atomic E-state index is 0.0801. The molecule has 0 spiro atoms. The second-order valence-electron chi connectivity index (χ2n) is 40.2. The molecule has 5 N–H and O–H groups in total. The number of carbonyl (C=O) groups excluding carboxylic acids is 6. The van der Waals surface area contributed by atoms with Crippen molar-refractivity contribution in [3.05, 3.63) is 73.1 Å². The number of halogens is 2. The third-order valence-corrected chi connectivity index (χ3v) is 28.1. The number of aromatic nitrogens is 6. The number of fused-ring (bicyclic) bond motifs is 4. The molecular weight excluding hydrogens is 1660 g/mol. The third-order valence-electron chi connectivity index (χ3n) is 28.1. The average molecular weight is 1800 g/mol. The van der Waals surface area contributed by atoms with Crippen molar-refractivity contribution in [2.45, 2.75) is 254 Å². The number of anilines is 2. The first-order chi connectivity index (χ1) is 60.6. The normalized spacial score (nSPS) is 27.0. The number of hydrogen-bond acceptors (Lipinski definition) is 23. The number of ketones is 2. The SMILES string of the molecule is CC[C@@H]1C[C@]1(CC(=O)[C@@H]1C[C@@H](Oc2cc(-n3ccc(NC(C)C)n3)nc3cc(OCCN4CCCCC4)ccc23)CN1C(=O)[C@@H](CC(=O)OC1CC2C[C@H]2C1)C(C)(C)C)C(=O)O.CC[C@@H]1C[C@]1(CC(=O)[C@@H]1C[C@@H](Oc2cc(-n3ccc(NC(C)C)n3)nc3cc(OCCN4CCNCC4)ccc23)CN1C(=O)[C@@H](CC(=O)OC1CC2C[C@H]2C1)C(C)(C)C)C(=O)O.ClCCl. The summed E-state index contributed by atoms with van der Waals surface area (Å²) in [6.07, 6.45) is 13.8. The minimum Gasteiger partial charge on any atom is -0.492 e. The summed E-state index contributed by atoms with van der Waals surface area (Å²) in [5.74, 6) is 1.60. The number of aliphatic carboxylic acids is 2. The summed E-state index contributed by atoms with van der Waals surface area (Å²) >= 11 is 9.53. The Morgan fingerprint density at radius 2 is 0.921 bits per heavy atom. The van der Waals surface area contributed by atoms with Gasteiger partial charge < -0.3 is 64.4 Å². The monoisotopic (exact) mass is 1790 g/mol. The van der Waals surface area contributed by atoms with E-state index in [0.29, 0.717) is 120 Å². The summed E-state index contributed by atoms with van der Waals surface area (Å²) in [6.45, 7) is 32.6. The highest BCUT2D eigenvalue weighted by atomic mass is 35.5. The number of alkyl halides is 2. The minimum atomic E-state index is -1.14. The molecule has 10 fully saturated rings. The topological polar surface area (TPSA) is 343 Å². The summed E-state index contributed by atoms with van der Waals surface area (Å²) in [5.41, 5.74) is -2.29. The van der Waals surface area contributed by atoms with Crippen molar-refractivity contribution >= 4 is 104 Å². The average Bonchev–Trinajstić information content (AvgIpc) is 1.58. The fourth-order valence-electron chi connectivity index (χ4n) is 20.5. The number of rotatable bonds is 36. The van der Waals surface area contributed by atoms with Crippen LogP contribution in [0.25, 0.3) is 33.4 Å². The number of carbonyl (C=O) groups is 8. The lowest BCUT2D eigenvalue weighted by molar-refractivity contribution is -0.157. The van der Waals surface area contributed by atoms with Crippen LogP contribution in [0.3, 0.4) is 0 Å². The lowest BCUT2D eigenvalue weighted by Gasteiger charge is -2.35. The van der Waals surface area contributed by atoms with Gasteiger partial charge in [-0.15, -0.1) is 33.4 Å². The van der Waals surface area contributed by atoms with E-state index in [1.165, 1.54) is 32.1 Å². The van der Waals surface area contributed by atoms with Gasteiger partial charge in [0, 0.05) is 137 Å². The Hall–Kier alpha value is -8.90. The second kappa shape index (κ2) is 40.2. The van der Waals surface area contributed by atoms with Crippen LogP contribution in [0.5, 0.6) is 23.0 Å². The number of piperidine rings is 1. The smallest absolute Gasteiger partial charge is 0.310 e. The number of nitrogens with one attached hydrogen (secondary N) is 3. The largest absolute Gasteiger partial charge is 0.492 e. The van der Waals surface area contributed by atoms with Crippen molar-refractivity contribution in [1.29, 1.82) is 0 Å². The number of carboxylic acid groups (broad SMARTS) is 2. The number of carboxylic acids is 2. The van der Waals surface area contributed by atoms with Gasteiger partial charge in [0.15, 0.2) is 23.2 Å². The van der Waals surface area contributed by atoms with Crippen LogP contribution in [0.15, 0.2) is 73.1 Å². The molecular formula is C96H133Cl2N13O16. The van der Waals surface area contributed by atoms with Crippen LogP contribution in [0.1, 0.15) is 205 Å². The van der Waals surface area contributed by atoms with Crippen LogP contribution in [0.4, 0.5) is 11.6 Å². The lowest BCUT2D eigenvalue weighted by Crippen LogP contribution is -2.48. The molecule has 31 heteroatoms. The van der Waals surface area contributed by atoms with Crippen LogP contribution < -0.4 is 34.9 Å². The number of esters is 2. The molecule has 29 nitrogen and oxygen atoms in total. The standard InChI is InChI=1S/C48H66N6O8.C47H65N7O8.CH2Cl2/c1-7-32-26-48(32,46(58)59)27-40(55)39-23-35(28-53(39)45(57)37(47(4,5)6)24-44(56)62-34-20-30-19-31(30)21-34)61-41-25-43(54-16-13-42(51-54)49-29(2)3)50-38-22-33(11-12-36(38)41)60-18-17-52-14-9-8-10-15-52;1-7-31-25-47(31,45(58)59)26-39(55)38-22-34(27-53(38)44(57)36(46(4,5)6)23-43(56)62-33-19-29-18-30(29)20-33)61-40-24-42(54-13-10-41(51-54)49-28(2)3)50-37-21-32(8-9-35(37)40)60-17-16-52-14-11-48-12-15-52;2-1-3/h11-13,16,22,25,29-32,34-35,37,39H,7-10,14-15,17-21,23-24,26-28H2,1-6H3,(H,49,51)(H,58,59);8-10,13,21,24,28-31,33-34,36,38,48H,7,11-12,14-20,22-23,25-27H2,1-6H3,(H,49,51)(H,58,59);1H2/t30-,31?,32+,34?,35+,37+,39-,48+;29-,30?,31+,33?,34+,36+,38-,47+;/m00./s1. The van der Waals surface area contributed by atoms with E-state index in [2.05, 4.69) is 25.8 Å². The maximum atomic E-state index is 14.9. The Balaban J connectivity index is 0.000000200. The van der Waals surface area contributed by atoms with Crippen LogP contribution in [-0.4, -0.2) is 239 Å². The molecule has 16 rings (SSSR count). The number of ether oxygens (including phenoxy) is 6. The molecule has 16 atom stereocenters. The highest BCUT2D eigenvalue weighted by Crippen LogP contribution is 2.60. The van der Waals surface area contributed by atoms with E-state index in [0.717, 1.165) is 88.8 Å². The Bertz CT molecular complexity index is 4600. The zero-order valence-electron chi connectivity index (χ0n) is 76.1. The molecule has 4 aromatic heterocycles. The van der Waals surface area contributed by atoms with E-state index >= 15 is 0 Å². The number of likely N-dealkylation sites (tertiary alicyclic amines) is 3. The van der Waals surface area contributed by atoms with Crippen molar-refractivity contribution in [3.63, 3.8) is 0 Å². The molecule has 4 unspecified atom stereocenters. The van der Waals surface area contributed by atoms with Crippen molar-refractivity contribution < 1.29 is 77.0 Å². The van der Waals surface area contributed by atoms with Gasteiger partial charge >= 0.3 is 23.9 Å². The Morgan fingerprint density at radius 1 is 0.528 bits per heavy atom. The molecule has 4 saturated heterocycles. The first-order valence-electron chi connectivity index (χ1n) is 46.5. The van der Waals surface area contributed by atoms with E-state index in [4.69, 9.17) is 71.8 Å². The highest BCUT2D eigenvalue weighted by molar-refractivity contribution is 6.40. The zero-order chi connectivity index (χ0) is 90.6. The molecule has 692 valence electrons. The molecule has 2 amide bonds. The molecule has 2 aromatic carbocycles. The summed E-state index contributed by atoms with van der Waals surface area (Å²) in [5, 5.41) is 41.7. The van der Waals surface area contributed by atoms with Crippen LogP contribution in [0.2, 0.25) is 0 Å². The number of amides is 2. The van der Waals surface area contributed by atoms with Gasteiger partial charge in [0.2, 0.25) is 11.8 Å². The maximum absolute atomic E-state index is 14.9. The van der Waals surface area contributed by atoms with E-state index in [1.807, 2.05) is 156 Å². The maximum Gasteiger partial charge on any atom is 0.310 e. The fourth-order valence-corrected chi connectivity index (χ4v) is 20.5. The van der Waals surface area contributed by atoms with Gasteiger partial charge in [-0.3, -0.25) is 48.2 Å². The van der Waals surface area contributed by atoms with Gasteiger partial charge in [0.25, 0.3) is 0 Å². The van der Waals surface area contributed by atoms with Crippen LogP contribution in [-0.2, 0) is 47.8 Å². The van der Waals surface area contributed by atoms with Crippen molar-refractivity contribution in [2.24, 2.45) is 69.0 Å². The molecule has 10 aliphatic rings. The third kappa shape index (κ3) is 23.1. The predicted molar refractivity (Wildman–Crippen MR) is 484 cm³/mol. The molecule has 127 heavy (non-hydrogen) atoms. The number of hydrogen-bond donors (Lipinski definition) is 5. The Kier molecular flexibility index (Phi) is 29.8. The highest BCUT2D eigenvalue weighted by Gasteiger charge is 2.63. The summed E-state index contributed by atoms with van der Waals surface area (Å²) in [7, 11) is 0. The molecule has 6 aromatic rings. The second-order valence-corrected chi connectivity index (χ2v) is 41.0. The van der Waals surface area contributed by atoms with E-state index in [1.54, 1.807) is 19.2 Å². The van der Waals surface area contributed by atoms with Gasteiger partial charge in [0.1, 0.15) is 72.3 Å².